The molecule has 0 amide bonds. The third kappa shape index (κ3) is 3.34. The fourth-order valence-electron chi connectivity index (χ4n) is 1.60. The molecule has 0 radical (unpaired) electrons. The van der Waals surface area contributed by atoms with Gasteiger partial charge in [0.25, 0.3) is 0 Å². The van der Waals surface area contributed by atoms with Crippen molar-refractivity contribution in [3.63, 3.8) is 0 Å². The predicted octanol–water partition coefficient (Wildman–Crippen LogP) is 5.07. The van der Waals surface area contributed by atoms with Crippen molar-refractivity contribution < 1.29 is 9.66 Å². The van der Waals surface area contributed by atoms with Crippen molar-refractivity contribution >= 4 is 48.9 Å². The zero-order valence-corrected chi connectivity index (χ0v) is 13.8. The number of thiophene rings is 1. The third-order valence-corrected chi connectivity index (χ3v) is 4.81. The molecule has 0 aliphatic rings. The van der Waals surface area contributed by atoms with Gasteiger partial charge in [0, 0.05) is 15.0 Å². The van der Waals surface area contributed by atoms with Crippen molar-refractivity contribution in [2.75, 3.05) is 0 Å². The lowest BCUT2D eigenvalue weighted by atomic mass is 10.2. The normalized spacial score (nSPS) is 10.5. The summed E-state index contributed by atoms with van der Waals surface area (Å²) in [6, 6.07) is 5.17. The molecule has 1 heterocycles. The zero-order chi connectivity index (χ0) is 14.0. The zero-order valence-electron chi connectivity index (χ0n) is 9.85. The van der Waals surface area contributed by atoms with E-state index in [1.54, 1.807) is 24.3 Å². The maximum absolute atomic E-state index is 11.1. The van der Waals surface area contributed by atoms with Crippen LogP contribution in [0.15, 0.2) is 32.5 Å². The molecule has 4 nitrogen and oxygen atoms in total. The molecule has 0 aliphatic heterocycles. The van der Waals surface area contributed by atoms with Crippen LogP contribution in [-0.2, 0) is 6.61 Å². The van der Waals surface area contributed by atoms with Crippen LogP contribution in [-0.4, -0.2) is 4.92 Å². The molecule has 0 N–H and O–H groups in total. The van der Waals surface area contributed by atoms with Crippen molar-refractivity contribution in [3.8, 4) is 5.75 Å². The van der Waals surface area contributed by atoms with Crippen LogP contribution in [0, 0.1) is 17.0 Å². The number of hydrogen-bond acceptors (Lipinski definition) is 4. The highest BCUT2D eigenvalue weighted by atomic mass is 79.9. The van der Waals surface area contributed by atoms with Crippen LogP contribution in [0.1, 0.15) is 10.4 Å². The monoisotopic (exact) mass is 405 g/mol. The second-order valence-electron chi connectivity index (χ2n) is 3.81. The first-order chi connectivity index (χ1) is 8.99. The average molecular weight is 407 g/mol. The van der Waals surface area contributed by atoms with Crippen molar-refractivity contribution in [1.29, 1.82) is 0 Å². The summed E-state index contributed by atoms with van der Waals surface area (Å²) in [4.78, 5) is 11.6. The fraction of sp³-hybridized carbons (Fsp3) is 0.167. The van der Waals surface area contributed by atoms with Crippen LogP contribution in [0.25, 0.3) is 0 Å². The summed E-state index contributed by atoms with van der Waals surface area (Å²) in [5.74, 6) is 0.313. The molecule has 0 aliphatic carbocycles. The molecule has 7 heteroatoms. The molecule has 2 rings (SSSR count). The highest BCUT2D eigenvalue weighted by Crippen LogP contribution is 2.35. The summed E-state index contributed by atoms with van der Waals surface area (Å²) in [6.07, 6.45) is 0. The first-order valence-corrected chi connectivity index (χ1v) is 7.75. The van der Waals surface area contributed by atoms with E-state index in [1.165, 1.54) is 6.07 Å². The number of nitro benzene ring substituents is 1. The molecule has 0 atom stereocenters. The largest absolute Gasteiger partial charge is 0.481 e. The SMILES string of the molecule is Cc1cc(Br)cc([N+](=O)[O-])c1OCc1sccc1Br. The van der Waals surface area contributed by atoms with Crippen LogP contribution < -0.4 is 4.74 Å². The van der Waals surface area contributed by atoms with Gasteiger partial charge in [-0.05, 0) is 45.9 Å². The lowest BCUT2D eigenvalue weighted by Crippen LogP contribution is -2.00. The van der Waals surface area contributed by atoms with E-state index in [1.807, 2.05) is 11.4 Å². The van der Waals surface area contributed by atoms with Gasteiger partial charge in [-0.15, -0.1) is 11.3 Å². The number of nitrogens with zero attached hydrogens (tertiary/aromatic N) is 1. The Bertz CT molecular complexity index is 627. The molecular formula is C12H9Br2NO3S. The van der Waals surface area contributed by atoms with Crippen LogP contribution in [0.5, 0.6) is 5.75 Å². The molecule has 1 aromatic heterocycles. The molecule has 0 unspecified atom stereocenters. The van der Waals surface area contributed by atoms with Gasteiger partial charge < -0.3 is 4.74 Å². The van der Waals surface area contributed by atoms with Gasteiger partial charge in [0.2, 0.25) is 5.75 Å². The molecule has 0 saturated carbocycles. The van der Waals surface area contributed by atoms with E-state index in [-0.39, 0.29) is 5.69 Å². The van der Waals surface area contributed by atoms with Crippen molar-refractivity contribution in [2.45, 2.75) is 13.5 Å². The van der Waals surface area contributed by atoms with Crippen LogP contribution in [0.4, 0.5) is 5.69 Å². The third-order valence-electron chi connectivity index (χ3n) is 2.46. The number of rotatable bonds is 4. The van der Waals surface area contributed by atoms with Gasteiger partial charge in [-0.1, -0.05) is 15.9 Å². The van der Waals surface area contributed by atoms with E-state index in [2.05, 4.69) is 31.9 Å². The molecule has 0 fully saturated rings. The van der Waals surface area contributed by atoms with E-state index in [4.69, 9.17) is 4.74 Å². The maximum Gasteiger partial charge on any atom is 0.312 e. The van der Waals surface area contributed by atoms with Gasteiger partial charge in [-0.2, -0.15) is 0 Å². The Kier molecular flexibility index (Phi) is 4.59. The first-order valence-electron chi connectivity index (χ1n) is 5.28. The topological polar surface area (TPSA) is 52.4 Å². The van der Waals surface area contributed by atoms with Gasteiger partial charge in [0.15, 0.2) is 0 Å². The van der Waals surface area contributed by atoms with Crippen LogP contribution in [0.3, 0.4) is 0 Å². The summed E-state index contributed by atoms with van der Waals surface area (Å²) in [5, 5.41) is 13.0. The number of aryl methyl sites for hydroxylation is 1. The van der Waals surface area contributed by atoms with Gasteiger partial charge in [0.1, 0.15) is 6.61 Å². The molecule has 0 spiro atoms. The fourth-order valence-corrected chi connectivity index (χ4v) is 3.54. The Morgan fingerprint density at radius 1 is 1.42 bits per heavy atom. The number of nitro groups is 1. The van der Waals surface area contributed by atoms with E-state index < -0.39 is 4.92 Å². The Balaban J connectivity index is 2.29. The summed E-state index contributed by atoms with van der Waals surface area (Å²) in [7, 11) is 0. The standard InChI is InChI=1S/C12H9Br2NO3S/c1-7-4-8(13)5-10(15(16)17)12(7)18-6-11-9(14)2-3-19-11/h2-5H,6H2,1H3. The van der Waals surface area contributed by atoms with Gasteiger partial charge >= 0.3 is 5.69 Å². The van der Waals surface area contributed by atoms with Crippen molar-refractivity contribution in [2.24, 2.45) is 0 Å². The van der Waals surface area contributed by atoms with E-state index in [0.717, 1.165) is 14.9 Å². The smallest absolute Gasteiger partial charge is 0.312 e. The predicted molar refractivity (Wildman–Crippen MR) is 81.9 cm³/mol. The van der Waals surface area contributed by atoms with E-state index in [0.29, 0.717) is 16.8 Å². The molecule has 100 valence electrons. The van der Waals surface area contributed by atoms with Gasteiger partial charge in [-0.25, -0.2) is 0 Å². The number of ether oxygens (including phenoxy) is 1. The van der Waals surface area contributed by atoms with E-state index >= 15 is 0 Å². The lowest BCUT2D eigenvalue weighted by molar-refractivity contribution is -0.386. The van der Waals surface area contributed by atoms with Crippen LogP contribution in [0.2, 0.25) is 0 Å². The van der Waals surface area contributed by atoms with Crippen molar-refractivity contribution in [3.05, 3.63) is 53.1 Å². The highest BCUT2D eigenvalue weighted by molar-refractivity contribution is 9.10. The summed E-state index contributed by atoms with van der Waals surface area (Å²) in [6.45, 7) is 2.10. The maximum atomic E-state index is 11.1. The first kappa shape index (κ1) is 14.5. The van der Waals surface area contributed by atoms with E-state index in [9.17, 15) is 10.1 Å². The number of halogens is 2. The summed E-state index contributed by atoms with van der Waals surface area (Å²) in [5.41, 5.74) is 0.702. The second-order valence-corrected chi connectivity index (χ2v) is 6.58. The number of hydrogen-bond donors (Lipinski definition) is 0. The minimum absolute atomic E-state index is 0.0282. The van der Waals surface area contributed by atoms with Gasteiger partial charge in [-0.3, -0.25) is 10.1 Å². The minimum Gasteiger partial charge on any atom is -0.481 e. The van der Waals surface area contributed by atoms with Crippen LogP contribution >= 0.6 is 43.2 Å². The lowest BCUT2D eigenvalue weighted by Gasteiger charge is -2.09. The molecule has 0 bridgehead atoms. The van der Waals surface area contributed by atoms with Gasteiger partial charge in [0.05, 0.1) is 9.80 Å². The molecule has 19 heavy (non-hydrogen) atoms. The molecule has 1 aromatic carbocycles. The molecule has 2 aromatic rings. The Morgan fingerprint density at radius 3 is 2.74 bits per heavy atom. The quantitative estimate of drug-likeness (QED) is 0.526. The Hall–Kier alpha value is -0.920. The molecular weight excluding hydrogens is 398 g/mol. The Morgan fingerprint density at radius 2 is 2.16 bits per heavy atom. The average Bonchev–Trinajstić information content (AvgIpc) is 2.73. The highest BCUT2D eigenvalue weighted by Gasteiger charge is 2.19. The summed E-state index contributed by atoms with van der Waals surface area (Å²) >= 11 is 8.20. The molecule has 0 saturated heterocycles. The second kappa shape index (κ2) is 6.02. The Labute approximate surface area is 130 Å². The van der Waals surface area contributed by atoms with Crippen molar-refractivity contribution in [1.82, 2.24) is 0 Å². The summed E-state index contributed by atoms with van der Waals surface area (Å²) < 4.78 is 7.25. The number of benzene rings is 1. The minimum atomic E-state index is -0.434.